The van der Waals surface area contributed by atoms with Gasteiger partial charge in [-0.05, 0) is 60.1 Å². The number of alkyl halides is 1. The molecule has 0 nitrogen and oxygen atoms in total. The Balaban J connectivity index is 1.94. The maximum atomic E-state index is 5.72. The quantitative estimate of drug-likeness (QED) is 0.498. The monoisotopic (exact) mass is 264 g/mol. The van der Waals surface area contributed by atoms with Gasteiger partial charge in [-0.3, -0.25) is 0 Å². The van der Waals surface area contributed by atoms with Crippen LogP contribution in [0.25, 0.3) is 0 Å². The van der Waals surface area contributed by atoms with E-state index in [0.29, 0.717) is 5.41 Å². The molecule has 1 unspecified atom stereocenters. The van der Waals surface area contributed by atoms with Crippen LogP contribution in [0.2, 0.25) is 0 Å². The summed E-state index contributed by atoms with van der Waals surface area (Å²) < 4.78 is 0. The summed E-state index contributed by atoms with van der Waals surface area (Å²) in [6, 6.07) is 7.11. The van der Waals surface area contributed by atoms with Crippen LogP contribution in [0.5, 0.6) is 0 Å². The van der Waals surface area contributed by atoms with Gasteiger partial charge in [-0.2, -0.15) is 0 Å². The number of hydrogen-bond acceptors (Lipinski definition) is 0. The van der Waals surface area contributed by atoms with Gasteiger partial charge < -0.3 is 0 Å². The van der Waals surface area contributed by atoms with Crippen LogP contribution in [0.3, 0.4) is 0 Å². The molecule has 0 N–H and O–H groups in total. The molecule has 0 saturated carbocycles. The molecule has 0 bridgehead atoms. The van der Waals surface area contributed by atoms with Gasteiger partial charge in [0.25, 0.3) is 0 Å². The van der Waals surface area contributed by atoms with Crippen molar-refractivity contribution in [2.24, 2.45) is 5.41 Å². The van der Waals surface area contributed by atoms with Crippen molar-refractivity contribution in [3.05, 3.63) is 34.9 Å². The lowest BCUT2D eigenvalue weighted by molar-refractivity contribution is 0.323. The van der Waals surface area contributed by atoms with Crippen molar-refractivity contribution in [3.63, 3.8) is 0 Å². The van der Waals surface area contributed by atoms with Crippen molar-refractivity contribution < 1.29 is 0 Å². The van der Waals surface area contributed by atoms with E-state index in [4.69, 9.17) is 11.6 Å². The number of unbranched alkanes of at least 4 members (excludes halogenated alkanes) is 1. The third-order valence-electron chi connectivity index (χ3n) is 3.82. The molecule has 2 rings (SSSR count). The summed E-state index contributed by atoms with van der Waals surface area (Å²) in [5.41, 5.74) is 5.13. The Kier molecular flexibility index (Phi) is 4.37. The second-order valence-electron chi connectivity index (χ2n) is 6.85. The number of rotatable bonds is 5. The van der Waals surface area contributed by atoms with Crippen molar-refractivity contribution in [3.8, 4) is 0 Å². The standard InChI is InChI=1S/C17H25Cl/c1-17(2,3)12-15-11-14-10-13(6-4-5-9-18)7-8-16(14)15/h7-8,10,15H,4-6,9,11-12H2,1-3H3. The third-order valence-corrected chi connectivity index (χ3v) is 4.09. The van der Waals surface area contributed by atoms with Crippen LogP contribution >= 0.6 is 11.6 Å². The molecule has 1 heteroatoms. The van der Waals surface area contributed by atoms with Gasteiger partial charge in [0, 0.05) is 5.88 Å². The molecule has 0 heterocycles. The molecule has 1 aromatic rings. The van der Waals surface area contributed by atoms with Gasteiger partial charge >= 0.3 is 0 Å². The molecule has 1 aromatic carbocycles. The molecule has 0 radical (unpaired) electrons. The average Bonchev–Trinajstić information content (AvgIpc) is 2.25. The summed E-state index contributed by atoms with van der Waals surface area (Å²) in [5.74, 6) is 1.59. The lowest BCUT2D eigenvalue weighted by Gasteiger charge is -2.35. The van der Waals surface area contributed by atoms with E-state index in [1.165, 1.54) is 31.2 Å². The first-order valence-electron chi connectivity index (χ1n) is 7.17. The predicted octanol–water partition coefficient (Wildman–Crippen LogP) is 5.32. The van der Waals surface area contributed by atoms with Crippen molar-refractivity contribution in [2.75, 3.05) is 5.88 Å². The van der Waals surface area contributed by atoms with E-state index in [1.807, 2.05) is 0 Å². The summed E-state index contributed by atoms with van der Waals surface area (Å²) >= 11 is 5.72. The lowest BCUT2D eigenvalue weighted by Crippen LogP contribution is -2.22. The summed E-state index contributed by atoms with van der Waals surface area (Å²) in [6.07, 6.45) is 6.13. The Morgan fingerprint density at radius 1 is 1.22 bits per heavy atom. The van der Waals surface area contributed by atoms with E-state index in [2.05, 4.69) is 39.0 Å². The van der Waals surface area contributed by atoms with Crippen LogP contribution in [-0.4, -0.2) is 5.88 Å². The molecule has 0 fully saturated rings. The fourth-order valence-electron chi connectivity index (χ4n) is 2.98. The number of fused-ring (bicyclic) bond motifs is 1. The highest BCUT2D eigenvalue weighted by Gasteiger charge is 2.29. The number of benzene rings is 1. The number of hydrogen-bond donors (Lipinski definition) is 0. The fraction of sp³-hybridized carbons (Fsp3) is 0.647. The van der Waals surface area contributed by atoms with Gasteiger partial charge in [0.1, 0.15) is 0 Å². The molecular weight excluding hydrogens is 240 g/mol. The third kappa shape index (κ3) is 3.51. The number of halogens is 1. The van der Waals surface area contributed by atoms with Crippen molar-refractivity contribution in [1.82, 2.24) is 0 Å². The van der Waals surface area contributed by atoms with Gasteiger partial charge in [0.05, 0.1) is 0 Å². The Labute approximate surface area is 117 Å². The first-order chi connectivity index (χ1) is 8.49. The SMILES string of the molecule is CC(C)(C)CC1Cc2cc(CCCCCl)ccc21. The van der Waals surface area contributed by atoms with E-state index >= 15 is 0 Å². The molecule has 100 valence electrons. The lowest BCUT2D eigenvalue weighted by atomic mass is 9.69. The van der Waals surface area contributed by atoms with Crippen LogP contribution in [0.4, 0.5) is 0 Å². The molecule has 1 atom stereocenters. The summed E-state index contributed by atoms with van der Waals surface area (Å²) in [7, 11) is 0. The highest BCUT2D eigenvalue weighted by Crippen LogP contribution is 2.42. The van der Waals surface area contributed by atoms with E-state index in [9.17, 15) is 0 Å². The van der Waals surface area contributed by atoms with Crippen LogP contribution in [0.1, 0.15) is 62.6 Å². The Hall–Kier alpha value is -0.490. The molecule has 1 aliphatic carbocycles. The van der Waals surface area contributed by atoms with Gasteiger partial charge in [0.15, 0.2) is 0 Å². The number of aryl methyl sites for hydroxylation is 1. The molecule has 0 aromatic heterocycles. The molecule has 0 amide bonds. The molecule has 0 spiro atoms. The minimum Gasteiger partial charge on any atom is -0.127 e. The van der Waals surface area contributed by atoms with Crippen molar-refractivity contribution in [1.29, 1.82) is 0 Å². The first kappa shape index (κ1) is 13.9. The molecular formula is C17H25Cl. The molecule has 0 aliphatic heterocycles. The summed E-state index contributed by atoms with van der Waals surface area (Å²) in [5, 5.41) is 0. The van der Waals surface area contributed by atoms with Crippen LogP contribution < -0.4 is 0 Å². The summed E-state index contributed by atoms with van der Waals surface area (Å²) in [4.78, 5) is 0. The van der Waals surface area contributed by atoms with Crippen LogP contribution in [0.15, 0.2) is 18.2 Å². The molecule has 0 saturated heterocycles. The molecule has 18 heavy (non-hydrogen) atoms. The minimum absolute atomic E-state index is 0.446. The van der Waals surface area contributed by atoms with Crippen LogP contribution in [0, 0.1) is 5.41 Å². The van der Waals surface area contributed by atoms with Gasteiger partial charge in [-0.15, -0.1) is 11.6 Å². The van der Waals surface area contributed by atoms with E-state index < -0.39 is 0 Å². The molecule has 1 aliphatic rings. The topological polar surface area (TPSA) is 0 Å². The minimum atomic E-state index is 0.446. The Morgan fingerprint density at radius 2 is 2.00 bits per heavy atom. The zero-order valence-electron chi connectivity index (χ0n) is 11.9. The van der Waals surface area contributed by atoms with Gasteiger partial charge in [0.2, 0.25) is 0 Å². The van der Waals surface area contributed by atoms with E-state index in [-0.39, 0.29) is 0 Å². The maximum absolute atomic E-state index is 5.72. The zero-order chi connectivity index (χ0) is 13.2. The largest absolute Gasteiger partial charge is 0.127 e. The Morgan fingerprint density at radius 3 is 2.61 bits per heavy atom. The van der Waals surface area contributed by atoms with Gasteiger partial charge in [-0.25, -0.2) is 0 Å². The zero-order valence-corrected chi connectivity index (χ0v) is 12.7. The Bertz CT molecular complexity index is 401. The van der Waals surface area contributed by atoms with Crippen molar-refractivity contribution in [2.45, 2.75) is 58.8 Å². The normalized spacial score (nSPS) is 18.3. The van der Waals surface area contributed by atoms with Gasteiger partial charge in [-0.1, -0.05) is 39.0 Å². The maximum Gasteiger partial charge on any atom is 0.0223 e. The second-order valence-corrected chi connectivity index (χ2v) is 7.22. The predicted molar refractivity (Wildman–Crippen MR) is 80.6 cm³/mol. The smallest absolute Gasteiger partial charge is 0.0223 e. The highest BCUT2D eigenvalue weighted by molar-refractivity contribution is 6.17. The first-order valence-corrected chi connectivity index (χ1v) is 7.71. The summed E-state index contributed by atoms with van der Waals surface area (Å²) in [6.45, 7) is 7.02. The van der Waals surface area contributed by atoms with Crippen LogP contribution in [-0.2, 0) is 12.8 Å². The highest BCUT2D eigenvalue weighted by atomic mass is 35.5. The van der Waals surface area contributed by atoms with E-state index in [1.54, 1.807) is 11.1 Å². The average molecular weight is 265 g/mol. The van der Waals surface area contributed by atoms with E-state index in [0.717, 1.165) is 18.2 Å². The van der Waals surface area contributed by atoms with Crippen molar-refractivity contribution >= 4 is 11.6 Å². The fourth-order valence-corrected chi connectivity index (χ4v) is 3.17. The second kappa shape index (κ2) is 5.65.